The molecule has 3 nitrogen and oxygen atoms in total. The highest BCUT2D eigenvalue weighted by molar-refractivity contribution is 7.08. The largest absolute Gasteiger partial charge is 0.306 e. The number of aromatic amines is 1. The molecule has 0 aromatic carbocycles. The number of fused-ring (bicyclic) bond motifs is 1. The summed E-state index contributed by atoms with van der Waals surface area (Å²) >= 11 is 1.64. The molecule has 0 saturated heterocycles. The van der Waals surface area contributed by atoms with Crippen LogP contribution in [0.25, 0.3) is 11.4 Å². The molecule has 2 aromatic rings. The van der Waals surface area contributed by atoms with Crippen molar-refractivity contribution in [3.8, 4) is 11.4 Å². The fourth-order valence-corrected chi connectivity index (χ4v) is 3.17. The molecule has 2 heterocycles. The fourth-order valence-electron chi connectivity index (χ4n) is 2.33. The average molecular weight is 246 g/mol. The van der Waals surface area contributed by atoms with E-state index in [2.05, 4.69) is 15.3 Å². The van der Waals surface area contributed by atoms with Crippen molar-refractivity contribution in [2.45, 2.75) is 32.6 Å². The van der Waals surface area contributed by atoms with Crippen molar-refractivity contribution in [2.75, 3.05) is 0 Å². The van der Waals surface area contributed by atoms with Gasteiger partial charge in [0.1, 0.15) is 5.82 Å². The predicted molar refractivity (Wildman–Crippen MR) is 69.5 cm³/mol. The van der Waals surface area contributed by atoms with E-state index in [0.29, 0.717) is 0 Å². The first-order valence-corrected chi connectivity index (χ1v) is 6.85. The summed E-state index contributed by atoms with van der Waals surface area (Å²) in [6.45, 7) is 2.05. The maximum Gasteiger partial charge on any atom is 0.254 e. The lowest BCUT2D eigenvalue weighted by molar-refractivity contribution is 0.657. The molecule has 1 aliphatic rings. The summed E-state index contributed by atoms with van der Waals surface area (Å²) in [7, 11) is 0. The zero-order chi connectivity index (χ0) is 11.8. The van der Waals surface area contributed by atoms with Crippen molar-refractivity contribution in [2.24, 2.45) is 0 Å². The molecule has 0 aliphatic heterocycles. The second kappa shape index (κ2) is 4.11. The van der Waals surface area contributed by atoms with Gasteiger partial charge in [0.05, 0.1) is 5.69 Å². The van der Waals surface area contributed by atoms with Gasteiger partial charge in [-0.25, -0.2) is 4.98 Å². The zero-order valence-electron chi connectivity index (χ0n) is 9.75. The van der Waals surface area contributed by atoms with Gasteiger partial charge in [0, 0.05) is 16.5 Å². The number of nitrogens with one attached hydrogen (secondary N) is 1. The quantitative estimate of drug-likeness (QED) is 0.841. The van der Waals surface area contributed by atoms with Gasteiger partial charge in [0.15, 0.2) is 0 Å². The topological polar surface area (TPSA) is 45.8 Å². The number of aromatic nitrogens is 2. The van der Waals surface area contributed by atoms with Crippen LogP contribution in [0.15, 0.2) is 15.6 Å². The summed E-state index contributed by atoms with van der Waals surface area (Å²) in [4.78, 5) is 19.5. The van der Waals surface area contributed by atoms with Crippen molar-refractivity contribution in [1.82, 2.24) is 9.97 Å². The zero-order valence-corrected chi connectivity index (χ0v) is 10.6. The third-order valence-electron chi connectivity index (χ3n) is 3.30. The molecule has 0 fully saturated rings. The Balaban J connectivity index is 2.17. The van der Waals surface area contributed by atoms with Gasteiger partial charge in [0.2, 0.25) is 0 Å². The van der Waals surface area contributed by atoms with Gasteiger partial charge in [-0.3, -0.25) is 4.79 Å². The van der Waals surface area contributed by atoms with E-state index in [1.807, 2.05) is 12.3 Å². The molecule has 0 radical (unpaired) electrons. The first-order valence-electron chi connectivity index (χ1n) is 5.91. The summed E-state index contributed by atoms with van der Waals surface area (Å²) in [5, 5.41) is 4.12. The van der Waals surface area contributed by atoms with Gasteiger partial charge in [-0.2, -0.15) is 11.3 Å². The van der Waals surface area contributed by atoms with Crippen molar-refractivity contribution >= 4 is 11.3 Å². The molecule has 0 bridgehead atoms. The van der Waals surface area contributed by atoms with E-state index in [1.165, 1.54) is 5.56 Å². The van der Waals surface area contributed by atoms with E-state index in [0.717, 1.165) is 48.3 Å². The highest BCUT2D eigenvalue weighted by Crippen LogP contribution is 2.25. The molecule has 2 aromatic heterocycles. The van der Waals surface area contributed by atoms with Gasteiger partial charge in [0.25, 0.3) is 5.56 Å². The number of H-pyrrole nitrogens is 1. The summed E-state index contributed by atoms with van der Waals surface area (Å²) in [5.74, 6) is 0.731. The third kappa shape index (κ3) is 1.82. The lowest BCUT2D eigenvalue weighted by atomic mass is 9.97. The summed E-state index contributed by atoms with van der Waals surface area (Å²) in [6, 6.07) is 0. The van der Waals surface area contributed by atoms with Crippen LogP contribution in [0.4, 0.5) is 0 Å². The Morgan fingerprint density at radius 1 is 1.29 bits per heavy atom. The molecule has 4 heteroatoms. The maximum absolute atomic E-state index is 12.0. The molecule has 0 unspecified atom stereocenters. The van der Waals surface area contributed by atoms with Gasteiger partial charge in [-0.1, -0.05) is 0 Å². The highest BCUT2D eigenvalue weighted by atomic mass is 32.1. The molecular weight excluding hydrogens is 232 g/mol. The Bertz CT molecular complexity index is 612. The maximum atomic E-state index is 12.0. The van der Waals surface area contributed by atoms with E-state index in [-0.39, 0.29) is 5.56 Å². The second-order valence-corrected chi connectivity index (χ2v) is 5.26. The molecule has 0 amide bonds. The number of nitrogens with zero attached hydrogens (tertiary/aromatic N) is 1. The number of hydrogen-bond acceptors (Lipinski definition) is 3. The van der Waals surface area contributed by atoms with Gasteiger partial charge >= 0.3 is 0 Å². The summed E-state index contributed by atoms with van der Waals surface area (Å²) in [6.07, 6.45) is 4.07. The minimum atomic E-state index is 0.0512. The standard InChI is InChI=1S/C13H14N2OS/c1-8-6-17-7-10(8)12-14-11-5-3-2-4-9(11)13(16)15-12/h6-7H,2-5H2,1H3,(H,14,15,16). The molecule has 0 saturated carbocycles. The van der Waals surface area contributed by atoms with Crippen LogP contribution < -0.4 is 5.56 Å². The minimum absolute atomic E-state index is 0.0512. The number of rotatable bonds is 1. The first-order chi connectivity index (χ1) is 8.25. The Kier molecular flexibility index (Phi) is 2.59. The normalized spacial score (nSPS) is 14.6. The molecule has 1 aliphatic carbocycles. The van der Waals surface area contributed by atoms with E-state index in [1.54, 1.807) is 11.3 Å². The number of thiophene rings is 1. The lowest BCUT2D eigenvalue weighted by Crippen LogP contribution is -2.21. The van der Waals surface area contributed by atoms with Crippen LogP contribution >= 0.6 is 11.3 Å². The minimum Gasteiger partial charge on any atom is -0.306 e. The molecule has 1 N–H and O–H groups in total. The smallest absolute Gasteiger partial charge is 0.254 e. The van der Waals surface area contributed by atoms with E-state index < -0.39 is 0 Å². The van der Waals surface area contributed by atoms with Crippen molar-refractivity contribution in [3.63, 3.8) is 0 Å². The van der Waals surface area contributed by atoms with E-state index in [9.17, 15) is 4.79 Å². The van der Waals surface area contributed by atoms with Crippen molar-refractivity contribution in [3.05, 3.63) is 37.9 Å². The van der Waals surface area contributed by atoms with Crippen LogP contribution in [0, 0.1) is 6.92 Å². The molecule has 0 spiro atoms. The Labute approximate surface area is 104 Å². The fraction of sp³-hybridized carbons (Fsp3) is 0.385. The molecule has 17 heavy (non-hydrogen) atoms. The molecule has 3 rings (SSSR count). The average Bonchev–Trinajstić information content (AvgIpc) is 2.75. The number of hydrogen-bond donors (Lipinski definition) is 1. The summed E-state index contributed by atoms with van der Waals surface area (Å²) < 4.78 is 0. The van der Waals surface area contributed by atoms with Crippen LogP contribution in [0.1, 0.15) is 29.7 Å². The van der Waals surface area contributed by atoms with E-state index >= 15 is 0 Å². The first kappa shape index (κ1) is 10.7. The van der Waals surface area contributed by atoms with Crippen molar-refractivity contribution < 1.29 is 0 Å². The molecule has 88 valence electrons. The Hall–Kier alpha value is -1.42. The van der Waals surface area contributed by atoms with Crippen LogP contribution in [0.5, 0.6) is 0 Å². The van der Waals surface area contributed by atoms with Gasteiger partial charge < -0.3 is 4.98 Å². The summed E-state index contributed by atoms with van der Waals surface area (Å²) in [5.41, 5.74) is 4.18. The number of aryl methyl sites for hydroxylation is 2. The van der Waals surface area contributed by atoms with Crippen molar-refractivity contribution in [1.29, 1.82) is 0 Å². The highest BCUT2D eigenvalue weighted by Gasteiger charge is 2.16. The van der Waals surface area contributed by atoms with Crippen LogP contribution in [-0.2, 0) is 12.8 Å². The second-order valence-electron chi connectivity index (χ2n) is 4.52. The Morgan fingerprint density at radius 2 is 2.12 bits per heavy atom. The molecular formula is C13H14N2OS. The third-order valence-corrected chi connectivity index (χ3v) is 4.16. The monoisotopic (exact) mass is 246 g/mol. The van der Waals surface area contributed by atoms with Crippen LogP contribution in [0.2, 0.25) is 0 Å². The van der Waals surface area contributed by atoms with Gasteiger partial charge in [-0.05, 0) is 43.6 Å². The van der Waals surface area contributed by atoms with Crippen LogP contribution in [-0.4, -0.2) is 9.97 Å². The Morgan fingerprint density at radius 3 is 2.88 bits per heavy atom. The van der Waals surface area contributed by atoms with E-state index in [4.69, 9.17) is 0 Å². The molecule has 0 atom stereocenters. The van der Waals surface area contributed by atoms with Crippen LogP contribution in [0.3, 0.4) is 0 Å². The SMILES string of the molecule is Cc1cscc1-c1nc2c(c(=O)[nH]1)CCCC2. The lowest BCUT2D eigenvalue weighted by Gasteiger charge is -2.14. The van der Waals surface area contributed by atoms with Gasteiger partial charge in [-0.15, -0.1) is 0 Å². The predicted octanol–water partition coefficient (Wildman–Crippen LogP) is 2.69.